The Hall–Kier alpha value is -2.02. The highest BCUT2D eigenvalue weighted by Crippen LogP contribution is 2.03. The van der Waals surface area contributed by atoms with Gasteiger partial charge in [-0.25, -0.2) is 14.8 Å². The lowest BCUT2D eigenvalue weighted by atomic mass is 10.4. The zero-order chi connectivity index (χ0) is 12.8. The zero-order valence-corrected chi connectivity index (χ0v) is 10.4. The van der Waals surface area contributed by atoms with Gasteiger partial charge in [-0.15, -0.1) is 11.3 Å². The highest BCUT2D eigenvalue weighted by Gasteiger charge is 2.04. The van der Waals surface area contributed by atoms with Crippen LogP contribution in [0.5, 0.6) is 0 Å². The van der Waals surface area contributed by atoms with Gasteiger partial charge in [0.25, 0.3) is 0 Å². The van der Waals surface area contributed by atoms with Gasteiger partial charge in [0.1, 0.15) is 6.54 Å². The van der Waals surface area contributed by atoms with Crippen molar-refractivity contribution >= 4 is 17.2 Å². The summed E-state index contributed by atoms with van der Waals surface area (Å²) >= 11 is 1.55. The summed E-state index contributed by atoms with van der Waals surface area (Å²) in [5.41, 5.74) is -0.424. The number of nitrogens with one attached hydrogen (secondary N) is 1. The van der Waals surface area contributed by atoms with Crippen molar-refractivity contribution in [3.05, 3.63) is 45.5 Å². The minimum atomic E-state index is -0.424. The third-order valence-electron chi connectivity index (χ3n) is 2.24. The first-order chi connectivity index (χ1) is 8.75. The summed E-state index contributed by atoms with van der Waals surface area (Å²) in [4.78, 5) is 30.5. The predicted octanol–water partition coefficient (Wildman–Crippen LogP) is 0.0587. The van der Waals surface area contributed by atoms with Gasteiger partial charge in [0.2, 0.25) is 5.91 Å². The summed E-state index contributed by atoms with van der Waals surface area (Å²) in [5, 5.41) is 5.61. The minimum absolute atomic E-state index is 0.00938. The van der Waals surface area contributed by atoms with Crippen molar-refractivity contribution in [1.82, 2.24) is 19.9 Å². The number of aromatic nitrogens is 3. The van der Waals surface area contributed by atoms with Crippen LogP contribution < -0.4 is 11.0 Å². The van der Waals surface area contributed by atoms with Gasteiger partial charge in [0, 0.05) is 36.9 Å². The van der Waals surface area contributed by atoms with E-state index < -0.39 is 5.69 Å². The van der Waals surface area contributed by atoms with Gasteiger partial charge in [0.05, 0.1) is 5.01 Å². The number of hydrogen-bond donors (Lipinski definition) is 1. The molecule has 2 rings (SSSR count). The maximum atomic E-state index is 11.6. The molecule has 0 radical (unpaired) electrons. The molecule has 2 heterocycles. The second-order valence-corrected chi connectivity index (χ2v) is 4.54. The van der Waals surface area contributed by atoms with Gasteiger partial charge in [-0.2, -0.15) is 0 Å². The van der Waals surface area contributed by atoms with Crippen LogP contribution in [0, 0.1) is 0 Å². The SMILES string of the molecule is O=C(Cn1cccnc1=O)NCCc1nccs1. The second kappa shape index (κ2) is 6.06. The number of carbonyl (C=O) groups is 1. The summed E-state index contributed by atoms with van der Waals surface area (Å²) in [6.07, 6.45) is 5.37. The van der Waals surface area contributed by atoms with Crippen LogP contribution >= 0.6 is 11.3 Å². The summed E-state index contributed by atoms with van der Waals surface area (Å²) in [6, 6.07) is 1.62. The Bertz CT molecular complexity index is 564. The van der Waals surface area contributed by atoms with E-state index in [4.69, 9.17) is 0 Å². The van der Waals surface area contributed by atoms with E-state index >= 15 is 0 Å². The van der Waals surface area contributed by atoms with Gasteiger partial charge in [-0.05, 0) is 6.07 Å². The molecule has 2 aromatic rings. The predicted molar refractivity (Wildman–Crippen MR) is 67.3 cm³/mol. The van der Waals surface area contributed by atoms with E-state index in [9.17, 15) is 9.59 Å². The Labute approximate surface area is 107 Å². The fraction of sp³-hybridized carbons (Fsp3) is 0.273. The Morgan fingerprint density at radius 3 is 3.00 bits per heavy atom. The molecule has 0 bridgehead atoms. The lowest BCUT2D eigenvalue weighted by Crippen LogP contribution is -2.33. The van der Waals surface area contributed by atoms with Crippen molar-refractivity contribution in [1.29, 1.82) is 0 Å². The monoisotopic (exact) mass is 264 g/mol. The van der Waals surface area contributed by atoms with Crippen molar-refractivity contribution in [3.8, 4) is 0 Å². The molecule has 0 spiro atoms. The van der Waals surface area contributed by atoms with Crippen LogP contribution in [-0.2, 0) is 17.8 Å². The van der Waals surface area contributed by atoms with Crippen LogP contribution in [0.4, 0.5) is 0 Å². The number of hydrogen-bond acceptors (Lipinski definition) is 5. The fourth-order valence-electron chi connectivity index (χ4n) is 1.40. The topological polar surface area (TPSA) is 76.9 Å². The van der Waals surface area contributed by atoms with Crippen molar-refractivity contribution in [2.75, 3.05) is 6.54 Å². The van der Waals surface area contributed by atoms with Crippen LogP contribution in [0.3, 0.4) is 0 Å². The zero-order valence-electron chi connectivity index (χ0n) is 9.57. The van der Waals surface area contributed by atoms with E-state index in [0.29, 0.717) is 13.0 Å². The lowest BCUT2D eigenvalue weighted by Gasteiger charge is -2.05. The maximum absolute atomic E-state index is 11.6. The molecule has 0 saturated heterocycles. The average molecular weight is 264 g/mol. The molecular formula is C11H12N4O2S. The van der Waals surface area contributed by atoms with Crippen LogP contribution in [0.1, 0.15) is 5.01 Å². The van der Waals surface area contributed by atoms with Crippen LogP contribution in [0.25, 0.3) is 0 Å². The molecule has 7 heteroatoms. The fourth-order valence-corrected chi connectivity index (χ4v) is 2.02. The number of carbonyl (C=O) groups excluding carboxylic acids is 1. The Kier molecular flexibility index (Phi) is 4.19. The molecule has 94 valence electrons. The Balaban J connectivity index is 1.79. The first kappa shape index (κ1) is 12.4. The molecule has 1 amide bonds. The van der Waals surface area contributed by atoms with Crippen LogP contribution in [0.2, 0.25) is 0 Å². The quantitative estimate of drug-likeness (QED) is 0.828. The molecule has 0 fully saturated rings. The summed E-state index contributed by atoms with van der Waals surface area (Å²) in [7, 11) is 0. The number of amides is 1. The molecule has 0 aliphatic rings. The standard InChI is InChI=1S/C11H12N4O2S/c16-9(8-15-6-1-3-14-11(15)17)12-4-2-10-13-5-7-18-10/h1,3,5-7H,2,4,8H2,(H,12,16). The Morgan fingerprint density at radius 1 is 1.39 bits per heavy atom. The number of rotatable bonds is 5. The second-order valence-electron chi connectivity index (χ2n) is 3.56. The van der Waals surface area contributed by atoms with E-state index in [2.05, 4.69) is 15.3 Å². The van der Waals surface area contributed by atoms with Crippen molar-refractivity contribution in [2.24, 2.45) is 0 Å². The molecule has 0 aliphatic carbocycles. The van der Waals surface area contributed by atoms with Crippen molar-refractivity contribution in [3.63, 3.8) is 0 Å². The largest absolute Gasteiger partial charge is 0.354 e. The molecule has 18 heavy (non-hydrogen) atoms. The van der Waals surface area contributed by atoms with Crippen molar-refractivity contribution < 1.29 is 4.79 Å². The highest BCUT2D eigenvalue weighted by atomic mass is 32.1. The molecule has 6 nitrogen and oxygen atoms in total. The summed E-state index contributed by atoms with van der Waals surface area (Å²) in [5.74, 6) is -0.207. The highest BCUT2D eigenvalue weighted by molar-refractivity contribution is 7.09. The third kappa shape index (κ3) is 3.49. The minimum Gasteiger partial charge on any atom is -0.354 e. The number of nitrogens with zero attached hydrogens (tertiary/aromatic N) is 3. The van der Waals surface area contributed by atoms with E-state index in [1.165, 1.54) is 17.0 Å². The molecule has 2 aromatic heterocycles. The molecule has 0 saturated carbocycles. The van der Waals surface area contributed by atoms with Crippen LogP contribution in [0.15, 0.2) is 34.8 Å². The van der Waals surface area contributed by atoms with Crippen molar-refractivity contribution in [2.45, 2.75) is 13.0 Å². The first-order valence-corrected chi connectivity index (χ1v) is 6.30. The maximum Gasteiger partial charge on any atom is 0.347 e. The summed E-state index contributed by atoms with van der Waals surface area (Å²) in [6.45, 7) is 0.506. The van der Waals surface area contributed by atoms with E-state index in [1.54, 1.807) is 23.6 Å². The van der Waals surface area contributed by atoms with E-state index in [0.717, 1.165) is 5.01 Å². The molecule has 0 unspecified atom stereocenters. The Morgan fingerprint density at radius 2 is 2.28 bits per heavy atom. The van der Waals surface area contributed by atoms with Gasteiger partial charge in [-0.3, -0.25) is 9.36 Å². The molecule has 0 aliphatic heterocycles. The molecule has 0 aromatic carbocycles. The van der Waals surface area contributed by atoms with Gasteiger partial charge in [-0.1, -0.05) is 0 Å². The van der Waals surface area contributed by atoms with E-state index in [-0.39, 0.29) is 12.5 Å². The first-order valence-electron chi connectivity index (χ1n) is 5.42. The average Bonchev–Trinajstić information content (AvgIpc) is 2.85. The van der Waals surface area contributed by atoms with Crippen LogP contribution in [-0.4, -0.2) is 27.0 Å². The van der Waals surface area contributed by atoms with Gasteiger partial charge in [0.15, 0.2) is 0 Å². The lowest BCUT2D eigenvalue weighted by molar-refractivity contribution is -0.121. The number of thiazole rings is 1. The molecular weight excluding hydrogens is 252 g/mol. The molecule has 1 N–H and O–H groups in total. The summed E-state index contributed by atoms with van der Waals surface area (Å²) < 4.78 is 1.26. The van der Waals surface area contributed by atoms with Gasteiger partial charge >= 0.3 is 5.69 Å². The molecule has 0 atom stereocenters. The third-order valence-corrected chi connectivity index (χ3v) is 3.08. The van der Waals surface area contributed by atoms with E-state index in [1.807, 2.05) is 5.38 Å². The van der Waals surface area contributed by atoms with Gasteiger partial charge < -0.3 is 5.32 Å². The smallest absolute Gasteiger partial charge is 0.347 e. The normalized spacial score (nSPS) is 10.2.